The van der Waals surface area contributed by atoms with Gasteiger partial charge in [-0.15, -0.1) is 0 Å². The first-order valence-corrected chi connectivity index (χ1v) is 6.53. The second kappa shape index (κ2) is 6.44. The van der Waals surface area contributed by atoms with Crippen LogP contribution < -0.4 is 5.32 Å². The second-order valence-corrected chi connectivity index (χ2v) is 4.87. The van der Waals surface area contributed by atoms with Gasteiger partial charge in [0.05, 0.1) is 0 Å². The van der Waals surface area contributed by atoms with Crippen molar-refractivity contribution >= 4 is 0 Å². The lowest BCUT2D eigenvalue weighted by molar-refractivity contribution is 0.213. The van der Waals surface area contributed by atoms with Crippen LogP contribution in [0.3, 0.4) is 0 Å². The van der Waals surface area contributed by atoms with Gasteiger partial charge in [-0.1, -0.05) is 46.5 Å². The SMILES string of the molecule is CCNC(C(C)CC)C1CCCCC1. The Kier molecular flexibility index (Phi) is 5.54. The van der Waals surface area contributed by atoms with Crippen molar-refractivity contribution in [3.63, 3.8) is 0 Å². The Morgan fingerprint density at radius 1 is 1.14 bits per heavy atom. The molecule has 1 rings (SSSR count). The van der Waals surface area contributed by atoms with E-state index in [1.807, 2.05) is 0 Å². The highest BCUT2D eigenvalue weighted by Crippen LogP contribution is 2.30. The number of rotatable bonds is 5. The van der Waals surface area contributed by atoms with Gasteiger partial charge in [0.25, 0.3) is 0 Å². The molecule has 0 amide bonds. The van der Waals surface area contributed by atoms with E-state index < -0.39 is 0 Å². The molecule has 14 heavy (non-hydrogen) atoms. The van der Waals surface area contributed by atoms with Gasteiger partial charge in [-0.2, -0.15) is 0 Å². The lowest BCUT2D eigenvalue weighted by Crippen LogP contribution is -2.41. The summed E-state index contributed by atoms with van der Waals surface area (Å²) in [5, 5.41) is 3.70. The fourth-order valence-corrected chi connectivity index (χ4v) is 2.82. The number of hydrogen-bond acceptors (Lipinski definition) is 1. The van der Waals surface area contributed by atoms with Crippen molar-refractivity contribution in [1.82, 2.24) is 5.32 Å². The van der Waals surface area contributed by atoms with Crippen LogP contribution in [0.4, 0.5) is 0 Å². The Bertz CT molecular complexity index is 138. The van der Waals surface area contributed by atoms with Gasteiger partial charge >= 0.3 is 0 Å². The molecule has 1 N–H and O–H groups in total. The molecule has 0 spiro atoms. The predicted octanol–water partition coefficient (Wildman–Crippen LogP) is 3.59. The number of nitrogens with one attached hydrogen (secondary N) is 1. The molecule has 0 aromatic carbocycles. The van der Waals surface area contributed by atoms with Gasteiger partial charge in [-0.05, 0) is 31.2 Å². The average Bonchev–Trinajstić information content (AvgIpc) is 2.26. The molecular formula is C13H27N. The van der Waals surface area contributed by atoms with Crippen LogP contribution in [0.2, 0.25) is 0 Å². The smallest absolute Gasteiger partial charge is 0.0121 e. The predicted molar refractivity (Wildman–Crippen MR) is 63.5 cm³/mol. The van der Waals surface area contributed by atoms with Crippen molar-refractivity contribution in [3.05, 3.63) is 0 Å². The third-order valence-electron chi connectivity index (χ3n) is 3.85. The lowest BCUT2D eigenvalue weighted by atomic mass is 9.78. The van der Waals surface area contributed by atoms with Crippen LogP contribution >= 0.6 is 0 Å². The third-order valence-corrected chi connectivity index (χ3v) is 3.85. The van der Waals surface area contributed by atoms with Crippen LogP contribution in [0.1, 0.15) is 59.3 Å². The molecule has 1 aliphatic carbocycles. The summed E-state index contributed by atoms with van der Waals surface area (Å²) in [5.74, 6) is 1.80. The van der Waals surface area contributed by atoms with Crippen molar-refractivity contribution in [1.29, 1.82) is 0 Å². The van der Waals surface area contributed by atoms with E-state index >= 15 is 0 Å². The molecule has 0 aromatic heterocycles. The van der Waals surface area contributed by atoms with Crippen LogP contribution in [0, 0.1) is 11.8 Å². The fraction of sp³-hybridized carbons (Fsp3) is 1.00. The maximum absolute atomic E-state index is 3.70. The summed E-state index contributed by atoms with van der Waals surface area (Å²) >= 11 is 0. The first kappa shape index (κ1) is 12.0. The molecule has 84 valence electrons. The quantitative estimate of drug-likeness (QED) is 0.710. The minimum Gasteiger partial charge on any atom is -0.314 e. The summed E-state index contributed by atoms with van der Waals surface area (Å²) in [4.78, 5) is 0. The Morgan fingerprint density at radius 3 is 2.29 bits per heavy atom. The summed E-state index contributed by atoms with van der Waals surface area (Å²) < 4.78 is 0. The van der Waals surface area contributed by atoms with E-state index in [-0.39, 0.29) is 0 Å². The van der Waals surface area contributed by atoms with Crippen molar-refractivity contribution in [3.8, 4) is 0 Å². The molecule has 0 bridgehead atoms. The van der Waals surface area contributed by atoms with Gasteiger partial charge in [0, 0.05) is 6.04 Å². The van der Waals surface area contributed by atoms with Gasteiger partial charge in [0.1, 0.15) is 0 Å². The van der Waals surface area contributed by atoms with E-state index in [1.54, 1.807) is 0 Å². The molecule has 2 unspecified atom stereocenters. The summed E-state index contributed by atoms with van der Waals surface area (Å²) in [7, 11) is 0. The van der Waals surface area contributed by atoms with Crippen molar-refractivity contribution in [2.75, 3.05) is 6.54 Å². The van der Waals surface area contributed by atoms with Gasteiger partial charge in [0.15, 0.2) is 0 Å². The van der Waals surface area contributed by atoms with Crippen LogP contribution in [-0.2, 0) is 0 Å². The molecule has 1 heteroatoms. The van der Waals surface area contributed by atoms with E-state index in [0.717, 1.165) is 24.4 Å². The Morgan fingerprint density at radius 2 is 1.79 bits per heavy atom. The first-order valence-electron chi connectivity index (χ1n) is 6.53. The first-order chi connectivity index (χ1) is 6.79. The standard InChI is InChI=1S/C13H27N/c1-4-11(3)13(14-5-2)12-9-7-6-8-10-12/h11-14H,4-10H2,1-3H3. The molecule has 0 aromatic rings. The lowest BCUT2D eigenvalue weighted by Gasteiger charge is -2.34. The fourth-order valence-electron chi connectivity index (χ4n) is 2.82. The molecule has 0 aliphatic heterocycles. The van der Waals surface area contributed by atoms with E-state index in [1.165, 1.54) is 38.5 Å². The maximum atomic E-state index is 3.70. The molecule has 1 fully saturated rings. The molecule has 0 radical (unpaired) electrons. The summed E-state index contributed by atoms with van der Waals surface area (Å²) in [6.45, 7) is 8.09. The average molecular weight is 197 g/mol. The molecule has 0 heterocycles. The van der Waals surface area contributed by atoms with Crippen LogP contribution in [0.5, 0.6) is 0 Å². The molecule has 1 saturated carbocycles. The summed E-state index contributed by atoms with van der Waals surface area (Å²) in [6.07, 6.45) is 8.63. The van der Waals surface area contributed by atoms with E-state index in [4.69, 9.17) is 0 Å². The third kappa shape index (κ3) is 3.27. The Labute approximate surface area is 89.7 Å². The zero-order valence-electron chi connectivity index (χ0n) is 10.2. The molecule has 2 atom stereocenters. The topological polar surface area (TPSA) is 12.0 Å². The minimum absolute atomic E-state index is 0.783. The summed E-state index contributed by atoms with van der Waals surface area (Å²) in [6, 6.07) is 0.783. The highest BCUT2D eigenvalue weighted by atomic mass is 14.9. The molecule has 0 saturated heterocycles. The number of hydrogen-bond donors (Lipinski definition) is 1. The Balaban J connectivity index is 2.46. The minimum atomic E-state index is 0.783. The Hall–Kier alpha value is -0.0400. The monoisotopic (exact) mass is 197 g/mol. The molecule has 1 aliphatic rings. The van der Waals surface area contributed by atoms with E-state index in [9.17, 15) is 0 Å². The van der Waals surface area contributed by atoms with Gasteiger partial charge < -0.3 is 5.32 Å². The van der Waals surface area contributed by atoms with Crippen LogP contribution in [0.15, 0.2) is 0 Å². The normalized spacial score (nSPS) is 23.4. The highest BCUT2D eigenvalue weighted by Gasteiger charge is 2.26. The maximum Gasteiger partial charge on any atom is 0.0121 e. The van der Waals surface area contributed by atoms with Crippen molar-refractivity contribution in [2.24, 2.45) is 11.8 Å². The second-order valence-electron chi connectivity index (χ2n) is 4.87. The van der Waals surface area contributed by atoms with Gasteiger partial charge in [0.2, 0.25) is 0 Å². The largest absolute Gasteiger partial charge is 0.314 e. The zero-order chi connectivity index (χ0) is 10.4. The molecule has 1 nitrogen and oxygen atoms in total. The molecular weight excluding hydrogens is 170 g/mol. The zero-order valence-corrected chi connectivity index (χ0v) is 10.2. The van der Waals surface area contributed by atoms with E-state index in [2.05, 4.69) is 26.1 Å². The van der Waals surface area contributed by atoms with E-state index in [0.29, 0.717) is 0 Å². The highest BCUT2D eigenvalue weighted by molar-refractivity contribution is 4.82. The van der Waals surface area contributed by atoms with Crippen LogP contribution in [0.25, 0.3) is 0 Å². The van der Waals surface area contributed by atoms with Crippen molar-refractivity contribution < 1.29 is 0 Å². The van der Waals surface area contributed by atoms with Crippen LogP contribution in [-0.4, -0.2) is 12.6 Å². The van der Waals surface area contributed by atoms with Gasteiger partial charge in [-0.3, -0.25) is 0 Å². The van der Waals surface area contributed by atoms with Gasteiger partial charge in [-0.25, -0.2) is 0 Å². The van der Waals surface area contributed by atoms with Crippen molar-refractivity contribution in [2.45, 2.75) is 65.3 Å². The summed E-state index contributed by atoms with van der Waals surface area (Å²) in [5.41, 5.74) is 0.